The molecule has 1 aliphatic heterocycles. The Balaban J connectivity index is 1.51. The molecule has 1 aromatic carbocycles. The summed E-state index contributed by atoms with van der Waals surface area (Å²) in [4.78, 5) is 12.3. The first-order valence-electron chi connectivity index (χ1n) is 7.89. The molecule has 0 spiro atoms. The highest BCUT2D eigenvalue weighted by atomic mass is 19.3. The number of halogens is 2. The molecule has 0 aromatic heterocycles. The Morgan fingerprint density at radius 1 is 1.26 bits per heavy atom. The third kappa shape index (κ3) is 4.17. The zero-order valence-electron chi connectivity index (χ0n) is 12.9. The molecule has 0 bridgehead atoms. The molecular formula is C16H21F2N3O2. The van der Waals surface area contributed by atoms with Crippen LogP contribution in [0.15, 0.2) is 24.3 Å². The minimum atomic E-state index is -2.83. The molecule has 1 amide bonds. The van der Waals surface area contributed by atoms with Gasteiger partial charge >= 0.3 is 6.61 Å². The van der Waals surface area contributed by atoms with Crippen LogP contribution in [0.2, 0.25) is 0 Å². The predicted molar refractivity (Wildman–Crippen MR) is 80.8 cm³/mol. The van der Waals surface area contributed by atoms with Crippen molar-refractivity contribution < 1.29 is 18.3 Å². The molecule has 7 heteroatoms. The normalized spacial score (nSPS) is 25.4. The van der Waals surface area contributed by atoms with E-state index < -0.39 is 6.61 Å². The van der Waals surface area contributed by atoms with Crippen LogP contribution >= 0.6 is 0 Å². The van der Waals surface area contributed by atoms with Gasteiger partial charge in [0.1, 0.15) is 11.8 Å². The number of nitrogens with one attached hydrogen (secondary N) is 3. The van der Waals surface area contributed by atoms with Crippen molar-refractivity contribution in [3.05, 3.63) is 29.8 Å². The Morgan fingerprint density at radius 3 is 2.57 bits per heavy atom. The number of alkyl halides is 2. The van der Waals surface area contributed by atoms with Gasteiger partial charge in [-0.15, -0.1) is 0 Å². The van der Waals surface area contributed by atoms with Crippen LogP contribution in [-0.4, -0.2) is 24.6 Å². The van der Waals surface area contributed by atoms with E-state index in [0.717, 1.165) is 12.0 Å². The largest absolute Gasteiger partial charge is 0.435 e. The number of benzene rings is 1. The van der Waals surface area contributed by atoms with Crippen LogP contribution in [0.3, 0.4) is 0 Å². The second-order valence-corrected chi connectivity index (χ2v) is 6.20. The predicted octanol–water partition coefficient (Wildman–Crippen LogP) is 2.11. The molecule has 23 heavy (non-hydrogen) atoms. The summed E-state index contributed by atoms with van der Waals surface area (Å²) in [6, 6.07) is 6.25. The number of ether oxygens (including phenoxy) is 1. The van der Waals surface area contributed by atoms with Crippen molar-refractivity contribution in [2.45, 2.75) is 50.9 Å². The van der Waals surface area contributed by atoms with Gasteiger partial charge in [0.2, 0.25) is 5.91 Å². The van der Waals surface area contributed by atoms with E-state index in [0.29, 0.717) is 12.0 Å². The highest BCUT2D eigenvalue weighted by Gasteiger charge is 2.38. The molecule has 1 heterocycles. The summed E-state index contributed by atoms with van der Waals surface area (Å²) in [6.45, 7) is -0.972. The second-order valence-electron chi connectivity index (χ2n) is 6.20. The van der Waals surface area contributed by atoms with Crippen molar-refractivity contribution in [2.24, 2.45) is 5.92 Å². The summed E-state index contributed by atoms with van der Waals surface area (Å²) in [5, 5.41) is 2.95. The molecule has 1 saturated heterocycles. The molecule has 1 saturated carbocycles. The van der Waals surface area contributed by atoms with Crippen LogP contribution < -0.4 is 20.9 Å². The van der Waals surface area contributed by atoms with Crippen LogP contribution in [0.25, 0.3) is 0 Å². The maximum absolute atomic E-state index is 12.3. The Morgan fingerprint density at radius 2 is 1.96 bits per heavy atom. The average molecular weight is 325 g/mol. The fraction of sp³-hybridized carbons (Fsp3) is 0.562. The molecule has 3 rings (SSSR count). The van der Waals surface area contributed by atoms with Gasteiger partial charge in [0, 0.05) is 6.04 Å². The Bertz CT molecular complexity index is 549. The van der Waals surface area contributed by atoms with E-state index in [2.05, 4.69) is 20.9 Å². The number of carbonyl (C=O) groups excluding carboxylic acids is 1. The topological polar surface area (TPSA) is 62.4 Å². The van der Waals surface area contributed by atoms with Gasteiger partial charge in [0.25, 0.3) is 0 Å². The van der Waals surface area contributed by atoms with E-state index in [9.17, 15) is 13.6 Å². The first-order valence-corrected chi connectivity index (χ1v) is 7.89. The smallest absolute Gasteiger partial charge is 0.387 e. The van der Waals surface area contributed by atoms with Crippen molar-refractivity contribution in [3.63, 3.8) is 0 Å². The quantitative estimate of drug-likeness (QED) is 0.750. The highest BCUT2D eigenvalue weighted by molar-refractivity contribution is 5.82. The maximum Gasteiger partial charge on any atom is 0.387 e. The van der Waals surface area contributed by atoms with E-state index >= 15 is 0 Å². The summed E-state index contributed by atoms with van der Waals surface area (Å²) >= 11 is 0. The van der Waals surface area contributed by atoms with E-state index in [4.69, 9.17) is 0 Å². The summed E-state index contributed by atoms with van der Waals surface area (Å²) in [5.41, 5.74) is 7.08. The lowest BCUT2D eigenvalue weighted by molar-refractivity contribution is -0.123. The molecule has 126 valence electrons. The molecule has 2 aliphatic rings. The summed E-state index contributed by atoms with van der Waals surface area (Å²) in [7, 11) is 0. The fourth-order valence-corrected chi connectivity index (χ4v) is 2.90. The van der Waals surface area contributed by atoms with Gasteiger partial charge < -0.3 is 10.1 Å². The fourth-order valence-electron chi connectivity index (χ4n) is 2.90. The van der Waals surface area contributed by atoms with E-state index in [1.54, 1.807) is 12.1 Å². The zero-order chi connectivity index (χ0) is 16.4. The van der Waals surface area contributed by atoms with Crippen LogP contribution in [0, 0.1) is 5.92 Å². The summed E-state index contributed by atoms with van der Waals surface area (Å²) in [6.07, 6.45) is 3.26. The number of hydrogen-bond donors (Lipinski definition) is 3. The summed E-state index contributed by atoms with van der Waals surface area (Å²) < 4.78 is 28.6. The van der Waals surface area contributed by atoms with Crippen LogP contribution in [0.4, 0.5) is 8.78 Å². The molecule has 5 nitrogen and oxygen atoms in total. The van der Waals surface area contributed by atoms with Crippen molar-refractivity contribution in [2.75, 3.05) is 0 Å². The molecule has 3 unspecified atom stereocenters. The lowest BCUT2D eigenvalue weighted by Crippen LogP contribution is -2.44. The number of amides is 1. The van der Waals surface area contributed by atoms with Crippen LogP contribution in [-0.2, 0) is 4.79 Å². The maximum atomic E-state index is 12.3. The minimum Gasteiger partial charge on any atom is -0.435 e. The summed E-state index contributed by atoms with van der Waals surface area (Å²) in [5.74, 6) is 0.748. The van der Waals surface area contributed by atoms with Crippen LogP contribution in [0.1, 0.15) is 37.8 Å². The Labute approximate surface area is 133 Å². The number of hydrazine groups is 1. The van der Waals surface area contributed by atoms with Gasteiger partial charge in [0.15, 0.2) is 0 Å². The second kappa shape index (κ2) is 6.80. The third-order valence-corrected chi connectivity index (χ3v) is 4.40. The standard InChI is InChI=1S/C16H21F2N3O2/c1-9(10-4-6-12(7-5-10)23-16(17)18)19-15(22)14-8-13(20-21-14)11-2-3-11/h4-7,9,11,13-14,16,20-21H,2-3,8H2,1H3,(H,19,22). The lowest BCUT2D eigenvalue weighted by atomic mass is 10.0. The van der Waals surface area contributed by atoms with Gasteiger partial charge in [-0.2, -0.15) is 8.78 Å². The molecular weight excluding hydrogens is 304 g/mol. The van der Waals surface area contributed by atoms with E-state index in [1.165, 1.54) is 25.0 Å². The SMILES string of the molecule is CC(NC(=O)C1CC(C2CC2)NN1)c1ccc(OC(F)F)cc1. The van der Waals surface area contributed by atoms with Gasteiger partial charge in [-0.25, -0.2) is 5.43 Å². The first-order chi connectivity index (χ1) is 11.0. The van der Waals surface area contributed by atoms with Gasteiger partial charge in [-0.05, 0) is 49.8 Å². The molecule has 0 radical (unpaired) electrons. The molecule has 3 atom stereocenters. The minimum absolute atomic E-state index is 0.0546. The first kappa shape index (κ1) is 16.1. The number of rotatable bonds is 6. The molecule has 1 aliphatic carbocycles. The Hall–Kier alpha value is -1.73. The number of carbonyl (C=O) groups is 1. The molecule has 2 fully saturated rings. The van der Waals surface area contributed by atoms with Crippen molar-refractivity contribution in [1.82, 2.24) is 16.2 Å². The third-order valence-electron chi connectivity index (χ3n) is 4.40. The van der Waals surface area contributed by atoms with Gasteiger partial charge in [-0.3, -0.25) is 10.2 Å². The van der Waals surface area contributed by atoms with Gasteiger partial charge in [-0.1, -0.05) is 12.1 Å². The lowest BCUT2D eigenvalue weighted by Gasteiger charge is -2.17. The number of hydrogen-bond acceptors (Lipinski definition) is 4. The van der Waals surface area contributed by atoms with E-state index in [-0.39, 0.29) is 23.7 Å². The van der Waals surface area contributed by atoms with Gasteiger partial charge in [0.05, 0.1) is 6.04 Å². The van der Waals surface area contributed by atoms with E-state index in [1.807, 2.05) is 6.92 Å². The monoisotopic (exact) mass is 325 g/mol. The average Bonchev–Trinajstić information content (AvgIpc) is 3.24. The molecule has 1 aromatic rings. The van der Waals surface area contributed by atoms with Crippen molar-refractivity contribution in [3.8, 4) is 5.75 Å². The van der Waals surface area contributed by atoms with Crippen molar-refractivity contribution >= 4 is 5.91 Å². The van der Waals surface area contributed by atoms with Crippen LogP contribution in [0.5, 0.6) is 5.75 Å². The zero-order valence-corrected chi connectivity index (χ0v) is 12.9. The molecule has 3 N–H and O–H groups in total. The Kier molecular flexibility index (Phi) is 4.77. The highest BCUT2D eigenvalue weighted by Crippen LogP contribution is 2.35. The van der Waals surface area contributed by atoms with Crippen molar-refractivity contribution in [1.29, 1.82) is 0 Å².